The average molecular weight is 339 g/mol. The molecule has 1 aliphatic heterocycles. The van der Waals surface area contributed by atoms with Crippen molar-refractivity contribution >= 4 is 12.0 Å². The molecule has 1 fully saturated rings. The zero-order valence-corrected chi connectivity index (χ0v) is 14.9. The summed E-state index contributed by atoms with van der Waals surface area (Å²) in [5.74, 6) is -0.333. The highest BCUT2D eigenvalue weighted by molar-refractivity contribution is 5.86. The van der Waals surface area contributed by atoms with Crippen molar-refractivity contribution in [3.63, 3.8) is 0 Å². The first-order chi connectivity index (χ1) is 12.2. The van der Waals surface area contributed by atoms with Crippen molar-refractivity contribution in [1.82, 2.24) is 14.7 Å². The van der Waals surface area contributed by atoms with Gasteiger partial charge in [-0.1, -0.05) is 24.3 Å². The molecule has 0 aliphatic carbocycles. The Balaban J connectivity index is 1.62. The van der Waals surface area contributed by atoms with E-state index in [0.717, 1.165) is 25.2 Å². The topological polar surface area (TPSA) is 47.4 Å². The van der Waals surface area contributed by atoms with Gasteiger partial charge in [0.25, 0.3) is 0 Å². The number of esters is 1. The minimum absolute atomic E-state index is 0.333. The molecule has 0 unspecified atom stereocenters. The first kappa shape index (κ1) is 17.4. The van der Waals surface area contributed by atoms with E-state index in [4.69, 9.17) is 0 Å². The molecule has 0 radical (unpaired) electrons. The fourth-order valence-electron chi connectivity index (χ4n) is 3.39. The van der Waals surface area contributed by atoms with E-state index in [-0.39, 0.29) is 5.97 Å². The quantitative estimate of drug-likeness (QED) is 0.599. The summed E-state index contributed by atoms with van der Waals surface area (Å²) in [5, 5.41) is 4.37. The van der Waals surface area contributed by atoms with Crippen molar-refractivity contribution in [3.05, 3.63) is 59.4 Å². The molecular weight excluding hydrogens is 314 g/mol. The summed E-state index contributed by atoms with van der Waals surface area (Å²) in [6.45, 7) is 5.16. The molecule has 5 nitrogen and oxygen atoms in total. The Morgan fingerprint density at radius 3 is 2.76 bits per heavy atom. The second-order valence-electron chi connectivity index (χ2n) is 6.41. The minimum atomic E-state index is -0.333. The van der Waals surface area contributed by atoms with Gasteiger partial charge in [-0.3, -0.25) is 9.58 Å². The average Bonchev–Trinajstić information content (AvgIpc) is 3.27. The van der Waals surface area contributed by atoms with Crippen LogP contribution in [0.25, 0.3) is 6.08 Å². The normalized spacial score (nSPS) is 18.1. The largest absolute Gasteiger partial charge is 0.466 e. The minimum Gasteiger partial charge on any atom is -0.466 e. The lowest BCUT2D eigenvalue weighted by atomic mass is 10.0. The number of hydrogen-bond donors (Lipinski definition) is 0. The number of carbonyl (C=O) groups excluding carboxylic acids is 1. The van der Waals surface area contributed by atoms with Crippen LogP contribution in [0.3, 0.4) is 0 Å². The predicted molar refractivity (Wildman–Crippen MR) is 98.0 cm³/mol. The van der Waals surface area contributed by atoms with Crippen LogP contribution in [0.2, 0.25) is 0 Å². The van der Waals surface area contributed by atoms with Crippen LogP contribution in [0.1, 0.15) is 35.7 Å². The summed E-state index contributed by atoms with van der Waals surface area (Å²) in [4.78, 5) is 13.7. The molecule has 1 aliphatic rings. The molecule has 1 saturated heterocycles. The summed E-state index contributed by atoms with van der Waals surface area (Å²) < 4.78 is 6.68. The van der Waals surface area contributed by atoms with Crippen molar-refractivity contribution in [3.8, 4) is 0 Å². The highest BCUT2D eigenvalue weighted by atomic mass is 16.5. The number of aryl methyl sites for hydroxylation is 1. The van der Waals surface area contributed by atoms with Crippen molar-refractivity contribution in [2.45, 2.75) is 32.4 Å². The van der Waals surface area contributed by atoms with Gasteiger partial charge in [0.15, 0.2) is 0 Å². The van der Waals surface area contributed by atoms with E-state index in [1.54, 1.807) is 6.08 Å². The summed E-state index contributed by atoms with van der Waals surface area (Å²) in [6, 6.07) is 11.0. The number of likely N-dealkylation sites (tertiary alicyclic amines) is 1. The van der Waals surface area contributed by atoms with E-state index in [0.29, 0.717) is 6.04 Å². The van der Waals surface area contributed by atoms with E-state index < -0.39 is 0 Å². The molecule has 0 N–H and O–H groups in total. The Morgan fingerprint density at radius 1 is 1.28 bits per heavy atom. The van der Waals surface area contributed by atoms with Crippen LogP contribution in [0.4, 0.5) is 0 Å². The zero-order valence-electron chi connectivity index (χ0n) is 14.9. The van der Waals surface area contributed by atoms with E-state index in [2.05, 4.69) is 50.6 Å². The first-order valence-electron chi connectivity index (χ1n) is 8.76. The van der Waals surface area contributed by atoms with Gasteiger partial charge in [-0.15, -0.1) is 0 Å². The van der Waals surface area contributed by atoms with Crippen LogP contribution in [-0.4, -0.2) is 40.8 Å². The van der Waals surface area contributed by atoms with Crippen molar-refractivity contribution < 1.29 is 9.53 Å². The molecule has 0 amide bonds. The summed E-state index contributed by atoms with van der Waals surface area (Å²) >= 11 is 0. The fraction of sp³-hybridized carbons (Fsp3) is 0.400. The van der Waals surface area contributed by atoms with Crippen LogP contribution in [0, 0.1) is 6.92 Å². The predicted octanol–water partition coefficient (Wildman–Crippen LogP) is 3.21. The molecule has 0 saturated carbocycles. The third-order valence-electron chi connectivity index (χ3n) is 4.83. The van der Waals surface area contributed by atoms with Gasteiger partial charge in [0.2, 0.25) is 0 Å². The van der Waals surface area contributed by atoms with Crippen LogP contribution in [-0.2, 0) is 16.1 Å². The van der Waals surface area contributed by atoms with Crippen molar-refractivity contribution in [2.75, 3.05) is 20.2 Å². The molecule has 0 spiro atoms. The SMILES string of the molecule is COC(=O)C=Cc1ccc([C@@H]2CCCN2CCn2nccc2C)cc1. The van der Waals surface area contributed by atoms with Gasteiger partial charge >= 0.3 is 5.97 Å². The standard InChI is InChI=1S/C20H25N3O2/c1-16-11-12-21-23(16)15-14-22-13-3-4-19(22)18-8-5-17(6-9-18)7-10-20(24)25-2/h5-12,19H,3-4,13-15H2,1-2H3/t19-/m0/s1. The number of ether oxygens (including phenoxy) is 1. The highest BCUT2D eigenvalue weighted by Gasteiger charge is 2.25. The van der Waals surface area contributed by atoms with Gasteiger partial charge in [0.1, 0.15) is 0 Å². The van der Waals surface area contributed by atoms with Gasteiger partial charge in [-0.25, -0.2) is 4.79 Å². The summed E-state index contributed by atoms with van der Waals surface area (Å²) in [7, 11) is 1.38. The number of carbonyl (C=O) groups is 1. The number of hydrogen-bond acceptors (Lipinski definition) is 4. The van der Waals surface area contributed by atoms with Crippen molar-refractivity contribution in [1.29, 1.82) is 0 Å². The van der Waals surface area contributed by atoms with Crippen LogP contribution in [0.5, 0.6) is 0 Å². The molecule has 25 heavy (non-hydrogen) atoms. The lowest BCUT2D eigenvalue weighted by Crippen LogP contribution is -2.27. The van der Waals surface area contributed by atoms with Gasteiger partial charge < -0.3 is 4.74 Å². The molecule has 2 heterocycles. The number of methoxy groups -OCH3 is 1. The highest BCUT2D eigenvalue weighted by Crippen LogP contribution is 2.31. The number of rotatable bonds is 6. The van der Waals surface area contributed by atoms with Crippen LogP contribution in [0.15, 0.2) is 42.6 Å². The number of nitrogens with zero attached hydrogens (tertiary/aromatic N) is 3. The Hall–Kier alpha value is -2.40. The van der Waals surface area contributed by atoms with E-state index in [1.165, 1.54) is 37.3 Å². The fourth-order valence-corrected chi connectivity index (χ4v) is 3.39. The molecule has 2 aromatic rings. The Morgan fingerprint density at radius 2 is 2.08 bits per heavy atom. The molecule has 1 aromatic heterocycles. The molecule has 1 aromatic carbocycles. The Labute approximate surface area is 148 Å². The first-order valence-corrected chi connectivity index (χ1v) is 8.76. The molecule has 0 bridgehead atoms. The summed E-state index contributed by atoms with van der Waals surface area (Å²) in [5.41, 5.74) is 3.55. The van der Waals surface area contributed by atoms with Gasteiger partial charge in [-0.05, 0) is 49.6 Å². The molecule has 1 atom stereocenters. The Bertz CT molecular complexity index is 734. The molecule has 5 heteroatoms. The van der Waals surface area contributed by atoms with Crippen molar-refractivity contribution in [2.24, 2.45) is 0 Å². The maximum Gasteiger partial charge on any atom is 0.330 e. The third-order valence-corrected chi connectivity index (χ3v) is 4.83. The van der Waals surface area contributed by atoms with Gasteiger partial charge in [-0.2, -0.15) is 5.10 Å². The smallest absolute Gasteiger partial charge is 0.330 e. The Kier molecular flexibility index (Phi) is 5.66. The number of aromatic nitrogens is 2. The monoisotopic (exact) mass is 339 g/mol. The lowest BCUT2D eigenvalue weighted by molar-refractivity contribution is -0.134. The maximum absolute atomic E-state index is 11.2. The lowest BCUT2D eigenvalue weighted by Gasteiger charge is -2.25. The van der Waals surface area contributed by atoms with Crippen LogP contribution >= 0.6 is 0 Å². The molecule has 3 rings (SSSR count). The van der Waals surface area contributed by atoms with Gasteiger partial charge in [0.05, 0.1) is 13.7 Å². The number of benzene rings is 1. The third kappa shape index (κ3) is 4.37. The second-order valence-corrected chi connectivity index (χ2v) is 6.41. The van der Waals surface area contributed by atoms with Crippen LogP contribution < -0.4 is 0 Å². The van der Waals surface area contributed by atoms with Gasteiger partial charge in [0, 0.05) is 30.6 Å². The second kappa shape index (κ2) is 8.12. The van der Waals surface area contributed by atoms with E-state index in [1.807, 2.05) is 12.3 Å². The van der Waals surface area contributed by atoms with E-state index in [9.17, 15) is 4.79 Å². The van der Waals surface area contributed by atoms with E-state index >= 15 is 0 Å². The summed E-state index contributed by atoms with van der Waals surface area (Å²) in [6.07, 6.45) is 7.51. The molecular formula is C20H25N3O2. The maximum atomic E-state index is 11.2. The molecule has 132 valence electrons. The zero-order chi connectivity index (χ0) is 17.6.